The minimum absolute atomic E-state index is 0.0175. The van der Waals surface area contributed by atoms with Gasteiger partial charge in [-0.15, -0.1) is 0 Å². The van der Waals surface area contributed by atoms with Crippen LogP contribution in [0.15, 0.2) is 59.5 Å². The Labute approximate surface area is 149 Å². The number of methoxy groups -OCH3 is 1. The van der Waals surface area contributed by atoms with Crippen molar-refractivity contribution in [1.29, 1.82) is 0 Å². The maximum absolute atomic E-state index is 12.2. The molecule has 0 aromatic heterocycles. The molecule has 1 amide bonds. The number of hydrogen-bond donors (Lipinski definition) is 0. The number of rotatable bonds is 8. The zero-order chi connectivity index (χ0) is 18.3. The first kappa shape index (κ1) is 19.0. The van der Waals surface area contributed by atoms with Crippen molar-refractivity contribution in [3.8, 4) is 5.75 Å². The van der Waals surface area contributed by atoms with Gasteiger partial charge in [-0.25, -0.2) is 8.42 Å². The van der Waals surface area contributed by atoms with Gasteiger partial charge in [0.2, 0.25) is 5.91 Å². The van der Waals surface area contributed by atoms with Gasteiger partial charge >= 0.3 is 0 Å². The van der Waals surface area contributed by atoms with Gasteiger partial charge in [-0.3, -0.25) is 4.79 Å². The molecule has 2 aromatic rings. The number of sulfone groups is 1. The summed E-state index contributed by atoms with van der Waals surface area (Å²) in [5.41, 5.74) is 1.09. The molecule has 2 rings (SSSR count). The largest absolute Gasteiger partial charge is 0.497 e. The second-order valence-electron chi connectivity index (χ2n) is 5.80. The molecule has 5 nitrogen and oxygen atoms in total. The molecule has 0 aliphatic rings. The van der Waals surface area contributed by atoms with Crippen LogP contribution < -0.4 is 4.74 Å². The van der Waals surface area contributed by atoms with E-state index in [0.717, 1.165) is 11.3 Å². The van der Waals surface area contributed by atoms with Gasteiger partial charge in [-0.1, -0.05) is 30.3 Å². The van der Waals surface area contributed by atoms with Crippen LogP contribution in [-0.4, -0.2) is 45.7 Å². The van der Waals surface area contributed by atoms with Crippen molar-refractivity contribution in [3.63, 3.8) is 0 Å². The van der Waals surface area contributed by atoms with Crippen LogP contribution in [0.3, 0.4) is 0 Å². The minimum atomic E-state index is -3.43. The molecule has 0 radical (unpaired) electrons. The van der Waals surface area contributed by atoms with Gasteiger partial charge in [0.05, 0.1) is 17.8 Å². The molecule has 0 saturated carbocycles. The van der Waals surface area contributed by atoms with E-state index in [2.05, 4.69) is 0 Å². The molecule has 0 unspecified atom stereocenters. The number of hydrogen-bond acceptors (Lipinski definition) is 4. The molecular formula is C19H23NO4S. The summed E-state index contributed by atoms with van der Waals surface area (Å²) in [5.74, 6) is 0.440. The van der Waals surface area contributed by atoms with Gasteiger partial charge in [-0.05, 0) is 36.2 Å². The normalized spacial score (nSPS) is 11.1. The first-order valence-corrected chi connectivity index (χ1v) is 9.72. The SMILES string of the molecule is COc1ccc(CCN(C)C(=O)CCS(=O)(=O)c2ccccc2)cc1. The summed E-state index contributed by atoms with van der Waals surface area (Å²) in [7, 11) is -0.114. The Kier molecular flexibility index (Phi) is 6.58. The third-order valence-electron chi connectivity index (χ3n) is 4.01. The Morgan fingerprint density at radius 1 is 1.04 bits per heavy atom. The van der Waals surface area contributed by atoms with Gasteiger partial charge < -0.3 is 9.64 Å². The first-order valence-electron chi connectivity index (χ1n) is 8.07. The second-order valence-corrected chi connectivity index (χ2v) is 7.90. The fourth-order valence-electron chi connectivity index (χ4n) is 2.37. The second kappa shape index (κ2) is 8.67. The molecule has 2 aromatic carbocycles. The predicted octanol–water partition coefficient (Wildman–Crippen LogP) is 2.56. The van der Waals surface area contributed by atoms with Crippen LogP contribution in [0.5, 0.6) is 5.75 Å². The maximum Gasteiger partial charge on any atom is 0.223 e. The van der Waals surface area contributed by atoms with Crippen LogP contribution in [0, 0.1) is 0 Å². The van der Waals surface area contributed by atoms with Crippen molar-refractivity contribution in [2.24, 2.45) is 0 Å². The zero-order valence-electron chi connectivity index (χ0n) is 14.5. The summed E-state index contributed by atoms with van der Waals surface area (Å²) in [6, 6.07) is 15.9. The number of amides is 1. The van der Waals surface area contributed by atoms with Crippen molar-refractivity contribution in [3.05, 3.63) is 60.2 Å². The van der Waals surface area contributed by atoms with Crippen LogP contribution in [0.4, 0.5) is 0 Å². The number of carbonyl (C=O) groups excluding carboxylic acids is 1. The van der Waals surface area contributed by atoms with E-state index in [1.165, 1.54) is 0 Å². The van der Waals surface area contributed by atoms with Crippen LogP contribution >= 0.6 is 0 Å². The summed E-state index contributed by atoms with van der Waals surface area (Å²) < 4.78 is 29.5. The van der Waals surface area contributed by atoms with Gasteiger partial charge in [-0.2, -0.15) is 0 Å². The fraction of sp³-hybridized carbons (Fsp3) is 0.316. The molecule has 0 spiro atoms. The molecular weight excluding hydrogens is 338 g/mol. The van der Waals surface area contributed by atoms with Gasteiger partial charge in [0, 0.05) is 20.0 Å². The van der Waals surface area contributed by atoms with Crippen molar-refractivity contribution in [2.75, 3.05) is 26.5 Å². The number of ether oxygens (including phenoxy) is 1. The Morgan fingerprint density at radius 2 is 1.68 bits per heavy atom. The highest BCUT2D eigenvalue weighted by Crippen LogP contribution is 2.13. The highest BCUT2D eigenvalue weighted by atomic mass is 32.2. The van der Waals surface area contributed by atoms with Gasteiger partial charge in [0.25, 0.3) is 0 Å². The quantitative estimate of drug-likeness (QED) is 0.725. The average Bonchev–Trinajstić information content (AvgIpc) is 2.65. The van der Waals surface area contributed by atoms with Crippen molar-refractivity contribution < 1.29 is 17.9 Å². The van der Waals surface area contributed by atoms with E-state index in [9.17, 15) is 13.2 Å². The molecule has 0 aliphatic heterocycles. The number of nitrogens with zero attached hydrogens (tertiary/aromatic N) is 1. The molecule has 0 heterocycles. The average molecular weight is 361 g/mol. The summed E-state index contributed by atoms with van der Waals surface area (Å²) in [6.45, 7) is 0.538. The van der Waals surface area contributed by atoms with Crippen LogP contribution in [0.25, 0.3) is 0 Å². The fourth-order valence-corrected chi connectivity index (χ4v) is 3.62. The Morgan fingerprint density at radius 3 is 2.28 bits per heavy atom. The molecule has 0 atom stereocenters. The van der Waals surface area contributed by atoms with Gasteiger partial charge in [0.15, 0.2) is 9.84 Å². The molecule has 134 valence electrons. The van der Waals surface area contributed by atoms with Gasteiger partial charge in [0.1, 0.15) is 5.75 Å². The van der Waals surface area contributed by atoms with E-state index in [-0.39, 0.29) is 23.0 Å². The molecule has 0 bridgehead atoms. The lowest BCUT2D eigenvalue weighted by Crippen LogP contribution is -2.30. The lowest BCUT2D eigenvalue weighted by Gasteiger charge is -2.17. The number of likely N-dealkylation sites (N-methyl/N-ethyl adjacent to an activating group) is 1. The first-order chi connectivity index (χ1) is 11.9. The van der Waals surface area contributed by atoms with E-state index in [4.69, 9.17) is 4.74 Å². The van der Waals surface area contributed by atoms with E-state index in [1.54, 1.807) is 49.4 Å². The van der Waals surface area contributed by atoms with Crippen LogP contribution in [0.2, 0.25) is 0 Å². The third kappa shape index (κ3) is 5.60. The zero-order valence-corrected chi connectivity index (χ0v) is 15.3. The summed E-state index contributed by atoms with van der Waals surface area (Å²) in [4.78, 5) is 14.0. The van der Waals surface area contributed by atoms with Crippen LogP contribution in [-0.2, 0) is 21.1 Å². The van der Waals surface area contributed by atoms with E-state index < -0.39 is 9.84 Å². The third-order valence-corrected chi connectivity index (χ3v) is 5.74. The van der Waals surface area contributed by atoms with Crippen molar-refractivity contribution in [1.82, 2.24) is 4.90 Å². The van der Waals surface area contributed by atoms with E-state index >= 15 is 0 Å². The van der Waals surface area contributed by atoms with E-state index in [0.29, 0.717) is 13.0 Å². The highest BCUT2D eigenvalue weighted by molar-refractivity contribution is 7.91. The highest BCUT2D eigenvalue weighted by Gasteiger charge is 2.17. The molecule has 0 N–H and O–H groups in total. The van der Waals surface area contributed by atoms with Crippen molar-refractivity contribution >= 4 is 15.7 Å². The standard InChI is InChI=1S/C19H23NO4S/c1-20(14-12-16-8-10-17(24-2)11-9-16)19(21)13-15-25(22,23)18-6-4-3-5-7-18/h3-11H,12-15H2,1-2H3. The Balaban J connectivity index is 1.83. The molecule has 0 fully saturated rings. The lowest BCUT2D eigenvalue weighted by atomic mass is 10.1. The number of carbonyl (C=O) groups is 1. The predicted molar refractivity (Wildman–Crippen MR) is 97.4 cm³/mol. The summed E-state index contributed by atoms with van der Waals surface area (Å²) >= 11 is 0. The monoisotopic (exact) mass is 361 g/mol. The topological polar surface area (TPSA) is 63.7 Å². The Bertz CT molecular complexity index is 786. The smallest absolute Gasteiger partial charge is 0.223 e. The van der Waals surface area contributed by atoms with E-state index in [1.807, 2.05) is 24.3 Å². The Hall–Kier alpha value is -2.34. The minimum Gasteiger partial charge on any atom is -0.497 e. The number of benzene rings is 2. The molecule has 0 aliphatic carbocycles. The summed E-state index contributed by atoms with van der Waals surface area (Å²) in [6.07, 6.45) is 0.689. The maximum atomic E-state index is 12.2. The van der Waals surface area contributed by atoms with Crippen molar-refractivity contribution in [2.45, 2.75) is 17.7 Å². The summed E-state index contributed by atoms with van der Waals surface area (Å²) in [5, 5.41) is 0. The lowest BCUT2D eigenvalue weighted by molar-refractivity contribution is -0.129. The molecule has 6 heteroatoms. The molecule has 0 saturated heterocycles. The molecule has 25 heavy (non-hydrogen) atoms. The van der Waals surface area contributed by atoms with Crippen LogP contribution in [0.1, 0.15) is 12.0 Å².